The van der Waals surface area contributed by atoms with Gasteiger partial charge in [0.15, 0.2) is 17.6 Å². The molecule has 0 saturated heterocycles. The molecule has 1 saturated carbocycles. The highest BCUT2D eigenvalue weighted by Crippen LogP contribution is 2.31. The van der Waals surface area contributed by atoms with Crippen molar-refractivity contribution in [3.63, 3.8) is 0 Å². The maximum atomic E-state index is 12.4. The second-order valence-corrected chi connectivity index (χ2v) is 6.34. The molecule has 0 radical (unpaired) electrons. The lowest BCUT2D eigenvalue weighted by atomic mass is 9.89. The molecule has 1 N–H and O–H groups in total. The van der Waals surface area contributed by atoms with Crippen LogP contribution in [-0.2, 0) is 9.53 Å². The quantitative estimate of drug-likeness (QED) is 0.766. The molecule has 0 aliphatic heterocycles. The van der Waals surface area contributed by atoms with Crippen molar-refractivity contribution < 1.29 is 23.8 Å². The number of para-hydroxylation sites is 1. The van der Waals surface area contributed by atoms with E-state index in [9.17, 15) is 9.59 Å². The first-order valence-electron chi connectivity index (χ1n) is 8.76. The van der Waals surface area contributed by atoms with Gasteiger partial charge in [0.1, 0.15) is 5.56 Å². The van der Waals surface area contributed by atoms with Crippen LogP contribution in [0, 0.1) is 5.92 Å². The number of hydrogen-bond acceptors (Lipinski definition) is 5. The molecule has 0 heterocycles. The van der Waals surface area contributed by atoms with E-state index in [4.69, 9.17) is 14.2 Å². The molecular formula is C19H27NO5. The number of methoxy groups -OCH3 is 2. The van der Waals surface area contributed by atoms with Gasteiger partial charge < -0.3 is 19.5 Å². The average molecular weight is 349 g/mol. The molecule has 0 aromatic heterocycles. The molecule has 0 bridgehead atoms. The molecule has 1 aromatic rings. The summed E-state index contributed by atoms with van der Waals surface area (Å²) in [4.78, 5) is 24.6. The van der Waals surface area contributed by atoms with Crippen LogP contribution in [0.4, 0.5) is 0 Å². The van der Waals surface area contributed by atoms with Gasteiger partial charge in [0, 0.05) is 6.54 Å². The molecular weight excluding hydrogens is 322 g/mol. The second kappa shape index (κ2) is 9.30. The number of amides is 1. The molecule has 2 rings (SSSR count). The van der Waals surface area contributed by atoms with E-state index in [1.165, 1.54) is 33.5 Å². The Morgan fingerprint density at radius 2 is 1.88 bits per heavy atom. The van der Waals surface area contributed by atoms with E-state index in [-0.39, 0.29) is 11.5 Å². The van der Waals surface area contributed by atoms with Gasteiger partial charge in [-0.2, -0.15) is 0 Å². The highest BCUT2D eigenvalue weighted by atomic mass is 16.6. The van der Waals surface area contributed by atoms with Crippen molar-refractivity contribution in [1.29, 1.82) is 0 Å². The molecule has 1 aliphatic rings. The lowest BCUT2D eigenvalue weighted by Gasteiger charge is -2.22. The van der Waals surface area contributed by atoms with E-state index in [2.05, 4.69) is 5.32 Å². The molecule has 1 atom stereocenters. The molecule has 6 nitrogen and oxygen atoms in total. The number of benzene rings is 1. The largest absolute Gasteiger partial charge is 0.493 e. The number of esters is 1. The van der Waals surface area contributed by atoms with Crippen molar-refractivity contribution in [2.75, 3.05) is 20.8 Å². The maximum absolute atomic E-state index is 12.4. The number of nitrogens with one attached hydrogen (secondary N) is 1. The zero-order valence-corrected chi connectivity index (χ0v) is 15.2. The van der Waals surface area contributed by atoms with E-state index >= 15 is 0 Å². The molecule has 1 aliphatic carbocycles. The summed E-state index contributed by atoms with van der Waals surface area (Å²) in [6.45, 7) is 2.21. The lowest BCUT2D eigenvalue weighted by molar-refractivity contribution is -0.129. The third kappa shape index (κ3) is 5.11. The van der Waals surface area contributed by atoms with Crippen LogP contribution in [0.2, 0.25) is 0 Å². The topological polar surface area (TPSA) is 73.9 Å². The van der Waals surface area contributed by atoms with Gasteiger partial charge in [-0.25, -0.2) is 4.79 Å². The molecule has 6 heteroatoms. The molecule has 25 heavy (non-hydrogen) atoms. The second-order valence-electron chi connectivity index (χ2n) is 6.34. The summed E-state index contributed by atoms with van der Waals surface area (Å²) < 4.78 is 15.7. The Bertz CT molecular complexity index is 595. The van der Waals surface area contributed by atoms with Gasteiger partial charge in [0.2, 0.25) is 0 Å². The van der Waals surface area contributed by atoms with Crippen molar-refractivity contribution in [3.05, 3.63) is 23.8 Å². The first kappa shape index (κ1) is 19.1. The fourth-order valence-corrected chi connectivity index (χ4v) is 3.11. The first-order valence-corrected chi connectivity index (χ1v) is 8.76. The maximum Gasteiger partial charge on any atom is 0.342 e. The predicted octanol–water partition coefficient (Wildman–Crippen LogP) is 2.95. The Hall–Kier alpha value is -2.24. The molecule has 0 spiro atoms. The SMILES string of the molecule is COc1cccc(C(=O)O[C@H](C)C(=O)NCC2CCCCC2)c1OC. The highest BCUT2D eigenvalue weighted by Gasteiger charge is 2.23. The molecule has 1 amide bonds. The van der Waals surface area contributed by atoms with E-state index in [0.29, 0.717) is 24.0 Å². The van der Waals surface area contributed by atoms with E-state index in [1.54, 1.807) is 25.1 Å². The van der Waals surface area contributed by atoms with Crippen LogP contribution >= 0.6 is 0 Å². The summed E-state index contributed by atoms with van der Waals surface area (Å²) in [5, 5.41) is 2.89. The molecule has 1 fully saturated rings. The van der Waals surface area contributed by atoms with Crippen molar-refractivity contribution in [2.24, 2.45) is 5.92 Å². The fraction of sp³-hybridized carbons (Fsp3) is 0.579. The summed E-state index contributed by atoms with van der Waals surface area (Å²) >= 11 is 0. The highest BCUT2D eigenvalue weighted by molar-refractivity contribution is 5.95. The summed E-state index contributed by atoms with van der Waals surface area (Å²) in [6.07, 6.45) is 5.15. The van der Waals surface area contributed by atoms with Crippen LogP contribution in [0.15, 0.2) is 18.2 Å². The van der Waals surface area contributed by atoms with Crippen molar-refractivity contribution in [1.82, 2.24) is 5.32 Å². The van der Waals surface area contributed by atoms with Crippen molar-refractivity contribution in [3.8, 4) is 11.5 Å². The summed E-state index contributed by atoms with van der Waals surface area (Å²) in [5.74, 6) is 0.368. The van der Waals surface area contributed by atoms with Crippen LogP contribution in [-0.4, -0.2) is 38.7 Å². The number of carbonyl (C=O) groups excluding carboxylic acids is 2. The Balaban J connectivity index is 1.91. The number of carbonyl (C=O) groups is 2. The standard InChI is InChI=1S/C19H27NO5/c1-13(18(21)20-12-14-8-5-4-6-9-14)25-19(22)15-10-7-11-16(23-2)17(15)24-3/h7,10-11,13-14H,4-6,8-9,12H2,1-3H3,(H,20,21)/t13-/m1/s1. The minimum Gasteiger partial charge on any atom is -0.493 e. The normalized spacial score (nSPS) is 16.0. The van der Waals surface area contributed by atoms with Gasteiger partial charge in [-0.3, -0.25) is 4.79 Å². The van der Waals surface area contributed by atoms with Crippen LogP contribution < -0.4 is 14.8 Å². The smallest absolute Gasteiger partial charge is 0.342 e. The van der Waals surface area contributed by atoms with Crippen LogP contribution in [0.25, 0.3) is 0 Å². The van der Waals surface area contributed by atoms with E-state index in [0.717, 1.165) is 12.8 Å². The van der Waals surface area contributed by atoms with Gasteiger partial charge in [-0.15, -0.1) is 0 Å². The van der Waals surface area contributed by atoms with Crippen LogP contribution in [0.1, 0.15) is 49.4 Å². The van der Waals surface area contributed by atoms with E-state index < -0.39 is 12.1 Å². The average Bonchev–Trinajstić information content (AvgIpc) is 2.65. The van der Waals surface area contributed by atoms with Gasteiger partial charge in [0.25, 0.3) is 5.91 Å². The van der Waals surface area contributed by atoms with Gasteiger partial charge in [-0.1, -0.05) is 25.3 Å². The van der Waals surface area contributed by atoms with Crippen molar-refractivity contribution >= 4 is 11.9 Å². The van der Waals surface area contributed by atoms with Crippen molar-refractivity contribution in [2.45, 2.75) is 45.1 Å². The zero-order valence-electron chi connectivity index (χ0n) is 15.2. The summed E-state index contributed by atoms with van der Waals surface area (Å²) in [5.41, 5.74) is 0.230. The van der Waals surface area contributed by atoms with Crippen LogP contribution in [0.3, 0.4) is 0 Å². The number of rotatable bonds is 7. The number of ether oxygens (including phenoxy) is 3. The molecule has 138 valence electrons. The van der Waals surface area contributed by atoms with Gasteiger partial charge >= 0.3 is 5.97 Å². The summed E-state index contributed by atoms with van der Waals surface area (Å²) in [7, 11) is 2.95. The minimum absolute atomic E-state index is 0.230. The first-order chi connectivity index (χ1) is 12.1. The van der Waals surface area contributed by atoms with Gasteiger partial charge in [0.05, 0.1) is 14.2 Å². The third-order valence-electron chi connectivity index (χ3n) is 4.57. The Morgan fingerprint density at radius 3 is 2.52 bits per heavy atom. The predicted molar refractivity (Wildman–Crippen MR) is 94.0 cm³/mol. The Morgan fingerprint density at radius 1 is 1.16 bits per heavy atom. The molecule has 1 aromatic carbocycles. The Kier molecular flexibility index (Phi) is 7.10. The summed E-state index contributed by atoms with van der Waals surface area (Å²) in [6, 6.07) is 4.94. The van der Waals surface area contributed by atoms with Crippen LogP contribution in [0.5, 0.6) is 11.5 Å². The molecule has 0 unspecified atom stereocenters. The lowest BCUT2D eigenvalue weighted by Crippen LogP contribution is -2.38. The monoisotopic (exact) mass is 349 g/mol. The van der Waals surface area contributed by atoms with Gasteiger partial charge in [-0.05, 0) is 37.8 Å². The fourth-order valence-electron chi connectivity index (χ4n) is 3.11. The minimum atomic E-state index is -0.869. The van der Waals surface area contributed by atoms with E-state index in [1.807, 2.05) is 0 Å². The zero-order chi connectivity index (χ0) is 18.2. The third-order valence-corrected chi connectivity index (χ3v) is 4.57. The number of hydrogen-bond donors (Lipinski definition) is 1. The Labute approximate surface area is 148 Å².